The van der Waals surface area contributed by atoms with E-state index in [1.165, 1.54) is 0 Å². The molecule has 1 N–H and O–H groups in total. The second kappa shape index (κ2) is 8.48. The van der Waals surface area contributed by atoms with Gasteiger partial charge in [-0.3, -0.25) is 14.5 Å². The highest BCUT2D eigenvalue weighted by Gasteiger charge is 2.44. The van der Waals surface area contributed by atoms with E-state index in [0.29, 0.717) is 31.7 Å². The summed E-state index contributed by atoms with van der Waals surface area (Å²) in [5.74, 6) is 0.132. The number of methoxy groups -OCH3 is 1. The maximum atomic E-state index is 12.8. The number of ether oxygens (including phenoxy) is 1. The maximum Gasteiger partial charge on any atom is 0.253 e. The monoisotopic (exact) mass is 409 g/mol. The first-order valence-corrected chi connectivity index (χ1v) is 11.2. The van der Waals surface area contributed by atoms with Crippen LogP contribution in [-0.4, -0.2) is 74.0 Å². The molecule has 0 spiro atoms. The van der Waals surface area contributed by atoms with Gasteiger partial charge in [-0.1, -0.05) is 19.1 Å². The Hall–Kier alpha value is -2.13. The van der Waals surface area contributed by atoms with Gasteiger partial charge in [-0.15, -0.1) is 0 Å². The number of amides is 2. The summed E-state index contributed by atoms with van der Waals surface area (Å²) in [5.41, 5.74) is 0.848. The van der Waals surface area contributed by atoms with Crippen molar-refractivity contribution in [3.63, 3.8) is 0 Å². The van der Waals surface area contributed by atoms with Crippen molar-refractivity contribution in [2.24, 2.45) is 0 Å². The molecule has 2 atom stereocenters. The molecular formula is C19H27N3O5S. The Labute approximate surface area is 165 Å². The molecule has 2 aliphatic rings. The zero-order chi connectivity index (χ0) is 20.3. The smallest absolute Gasteiger partial charge is 0.253 e. The van der Waals surface area contributed by atoms with Crippen LogP contribution in [0.1, 0.15) is 25.3 Å². The van der Waals surface area contributed by atoms with Crippen LogP contribution < -0.4 is 10.1 Å². The zero-order valence-electron chi connectivity index (χ0n) is 16.3. The molecule has 0 radical (unpaired) electrons. The minimum atomic E-state index is -3.56. The number of benzene rings is 1. The second-order valence-electron chi connectivity index (χ2n) is 7.27. The van der Waals surface area contributed by atoms with Gasteiger partial charge in [0.25, 0.3) is 5.91 Å². The van der Waals surface area contributed by atoms with Crippen molar-refractivity contribution < 1.29 is 22.7 Å². The summed E-state index contributed by atoms with van der Waals surface area (Å²) in [6.45, 7) is 2.84. The second-order valence-corrected chi connectivity index (χ2v) is 9.28. The third-order valence-electron chi connectivity index (χ3n) is 5.20. The van der Waals surface area contributed by atoms with Crippen LogP contribution in [0.2, 0.25) is 0 Å². The van der Waals surface area contributed by atoms with Gasteiger partial charge < -0.3 is 10.1 Å². The molecule has 9 heteroatoms. The molecule has 2 aliphatic heterocycles. The highest BCUT2D eigenvalue weighted by molar-refractivity contribution is 7.89. The van der Waals surface area contributed by atoms with E-state index in [1.807, 2.05) is 36.1 Å². The number of fused-ring (bicyclic) bond motifs is 1. The van der Waals surface area contributed by atoms with Crippen molar-refractivity contribution in [3.05, 3.63) is 29.8 Å². The molecule has 0 aliphatic carbocycles. The molecule has 2 fully saturated rings. The molecule has 8 nitrogen and oxygen atoms in total. The minimum absolute atomic E-state index is 0.0697. The molecule has 2 unspecified atom stereocenters. The normalized spacial score (nSPS) is 24.5. The highest BCUT2D eigenvalue weighted by atomic mass is 32.2. The van der Waals surface area contributed by atoms with Crippen molar-refractivity contribution in [2.75, 3.05) is 32.5 Å². The molecule has 2 amide bonds. The molecule has 1 aromatic carbocycles. The van der Waals surface area contributed by atoms with Crippen LogP contribution >= 0.6 is 0 Å². The summed E-state index contributed by atoms with van der Waals surface area (Å²) in [4.78, 5) is 27.1. The first kappa shape index (κ1) is 20.6. The summed E-state index contributed by atoms with van der Waals surface area (Å²) < 4.78 is 30.9. The summed E-state index contributed by atoms with van der Waals surface area (Å²) >= 11 is 0. The van der Waals surface area contributed by atoms with Crippen LogP contribution in [0.5, 0.6) is 5.75 Å². The van der Waals surface area contributed by atoms with Gasteiger partial charge in [0.1, 0.15) is 5.75 Å². The number of hydrogen-bond acceptors (Lipinski definition) is 6. The minimum Gasteiger partial charge on any atom is -0.497 e. The van der Waals surface area contributed by atoms with E-state index in [-0.39, 0.29) is 36.6 Å². The SMILES string of the molecule is CCCN1C(=O)C2CC(NC(=O)Cc3cccc(OC)c3)CN2CCS1(=O)=O. The van der Waals surface area contributed by atoms with Crippen LogP contribution in [0.4, 0.5) is 0 Å². The lowest BCUT2D eigenvalue weighted by molar-refractivity contribution is -0.130. The van der Waals surface area contributed by atoms with E-state index < -0.39 is 16.1 Å². The third kappa shape index (κ3) is 4.47. The van der Waals surface area contributed by atoms with Crippen molar-refractivity contribution >= 4 is 21.8 Å². The number of nitrogens with zero attached hydrogens (tertiary/aromatic N) is 2. The molecule has 3 rings (SSSR count). The number of sulfonamides is 1. The molecular weight excluding hydrogens is 382 g/mol. The summed E-state index contributed by atoms with van der Waals surface area (Å²) in [6.07, 6.45) is 1.24. The molecule has 2 saturated heterocycles. The lowest BCUT2D eigenvalue weighted by Crippen LogP contribution is -2.44. The highest BCUT2D eigenvalue weighted by Crippen LogP contribution is 2.25. The Morgan fingerprint density at radius 3 is 2.86 bits per heavy atom. The molecule has 0 bridgehead atoms. The van der Waals surface area contributed by atoms with Gasteiger partial charge in [-0.25, -0.2) is 12.7 Å². The van der Waals surface area contributed by atoms with Crippen molar-refractivity contribution in [2.45, 2.75) is 38.3 Å². The maximum absolute atomic E-state index is 12.8. The third-order valence-corrected chi connectivity index (χ3v) is 6.93. The number of hydrogen-bond donors (Lipinski definition) is 1. The van der Waals surface area contributed by atoms with Crippen molar-refractivity contribution in [1.82, 2.24) is 14.5 Å². The molecule has 2 heterocycles. The van der Waals surface area contributed by atoms with Gasteiger partial charge in [-0.2, -0.15) is 0 Å². The fraction of sp³-hybridized carbons (Fsp3) is 0.579. The van der Waals surface area contributed by atoms with E-state index in [2.05, 4.69) is 5.32 Å². The van der Waals surface area contributed by atoms with E-state index in [4.69, 9.17) is 4.74 Å². The predicted molar refractivity (Wildman–Crippen MR) is 104 cm³/mol. The molecule has 0 saturated carbocycles. The van der Waals surface area contributed by atoms with Crippen molar-refractivity contribution in [3.8, 4) is 5.75 Å². The standard InChI is InChI=1S/C19H27N3O5S/c1-3-7-22-19(24)17-12-15(13-21(17)8-9-28(22,25)26)20-18(23)11-14-5-4-6-16(10-14)27-2/h4-6,10,15,17H,3,7-9,11-13H2,1-2H3,(H,20,23). The predicted octanol–water partition coefficient (Wildman–Crippen LogP) is 0.379. The van der Waals surface area contributed by atoms with Gasteiger partial charge in [0.15, 0.2) is 0 Å². The van der Waals surface area contributed by atoms with Gasteiger partial charge >= 0.3 is 0 Å². The van der Waals surface area contributed by atoms with Crippen LogP contribution in [0.25, 0.3) is 0 Å². The van der Waals surface area contributed by atoms with Crippen LogP contribution in [-0.2, 0) is 26.0 Å². The Kier molecular flexibility index (Phi) is 6.24. The van der Waals surface area contributed by atoms with Gasteiger partial charge in [0, 0.05) is 25.7 Å². The average molecular weight is 410 g/mol. The van der Waals surface area contributed by atoms with Crippen LogP contribution in [0, 0.1) is 0 Å². The Balaban J connectivity index is 1.63. The van der Waals surface area contributed by atoms with E-state index >= 15 is 0 Å². The topological polar surface area (TPSA) is 96.0 Å². The van der Waals surface area contributed by atoms with E-state index in [1.54, 1.807) is 7.11 Å². The number of carbonyl (C=O) groups is 2. The first-order valence-electron chi connectivity index (χ1n) is 9.54. The lowest BCUT2D eigenvalue weighted by Gasteiger charge is -2.23. The molecule has 0 aromatic heterocycles. The lowest BCUT2D eigenvalue weighted by atomic mass is 10.1. The number of nitrogens with one attached hydrogen (secondary N) is 1. The molecule has 1 aromatic rings. The Bertz CT molecular complexity index is 842. The van der Waals surface area contributed by atoms with Crippen LogP contribution in [0.3, 0.4) is 0 Å². The largest absolute Gasteiger partial charge is 0.497 e. The summed E-state index contributed by atoms with van der Waals surface area (Å²) in [7, 11) is -1.98. The number of rotatable bonds is 6. The summed E-state index contributed by atoms with van der Waals surface area (Å²) in [5, 5.41) is 2.99. The van der Waals surface area contributed by atoms with Gasteiger partial charge in [0.2, 0.25) is 15.9 Å². The Morgan fingerprint density at radius 1 is 1.36 bits per heavy atom. The fourth-order valence-electron chi connectivity index (χ4n) is 3.86. The van der Waals surface area contributed by atoms with Crippen LogP contribution in [0.15, 0.2) is 24.3 Å². The first-order chi connectivity index (χ1) is 13.3. The summed E-state index contributed by atoms with van der Waals surface area (Å²) in [6, 6.07) is 6.67. The van der Waals surface area contributed by atoms with E-state index in [0.717, 1.165) is 9.87 Å². The molecule has 28 heavy (non-hydrogen) atoms. The average Bonchev–Trinajstić information content (AvgIpc) is 3.03. The fourth-order valence-corrected chi connectivity index (χ4v) is 5.40. The molecule has 154 valence electrons. The van der Waals surface area contributed by atoms with Gasteiger partial charge in [0.05, 0.1) is 25.3 Å². The number of carbonyl (C=O) groups excluding carboxylic acids is 2. The van der Waals surface area contributed by atoms with Crippen molar-refractivity contribution in [1.29, 1.82) is 0 Å². The quantitative estimate of drug-likeness (QED) is 0.730. The Morgan fingerprint density at radius 2 is 2.14 bits per heavy atom. The van der Waals surface area contributed by atoms with E-state index in [9.17, 15) is 18.0 Å². The zero-order valence-corrected chi connectivity index (χ0v) is 17.1. The van der Waals surface area contributed by atoms with Gasteiger partial charge in [-0.05, 0) is 30.5 Å².